The van der Waals surface area contributed by atoms with Gasteiger partial charge in [-0.05, 0) is 13.3 Å². The summed E-state index contributed by atoms with van der Waals surface area (Å²) in [7, 11) is 0. The summed E-state index contributed by atoms with van der Waals surface area (Å²) in [6.07, 6.45) is 1.29. The van der Waals surface area contributed by atoms with Crippen LogP contribution in [0.1, 0.15) is 44.5 Å². The van der Waals surface area contributed by atoms with Gasteiger partial charge in [-0.15, -0.1) is 0 Å². The molecular weight excluding hydrogens is 254 g/mol. The number of rotatable bonds is 4. The molecule has 1 saturated heterocycles. The van der Waals surface area contributed by atoms with Crippen molar-refractivity contribution in [2.75, 3.05) is 30.0 Å². The number of hydrogen-bond acceptors (Lipinski definition) is 6. The topological polar surface area (TPSA) is 76.3 Å². The maximum Gasteiger partial charge on any atom is 0.148 e. The molecule has 3 N–H and O–H groups in total. The summed E-state index contributed by atoms with van der Waals surface area (Å²) in [6, 6.07) is 0. The third-order valence-electron chi connectivity index (χ3n) is 3.68. The Labute approximate surface area is 120 Å². The van der Waals surface area contributed by atoms with E-state index in [0.29, 0.717) is 5.82 Å². The second-order valence-corrected chi connectivity index (χ2v) is 5.53. The molecule has 0 aromatic carbocycles. The van der Waals surface area contributed by atoms with Gasteiger partial charge in [0, 0.05) is 24.6 Å². The van der Waals surface area contributed by atoms with E-state index < -0.39 is 0 Å². The van der Waals surface area contributed by atoms with Gasteiger partial charge in [-0.1, -0.05) is 20.8 Å². The highest BCUT2D eigenvalue weighted by atomic mass is 16.5. The van der Waals surface area contributed by atoms with Crippen LogP contribution in [0.4, 0.5) is 11.6 Å². The van der Waals surface area contributed by atoms with E-state index in [1.54, 1.807) is 0 Å². The zero-order valence-corrected chi connectivity index (χ0v) is 12.8. The number of ether oxygens (including phenoxy) is 1. The molecule has 0 amide bonds. The fraction of sp³-hybridized carbons (Fsp3) is 0.714. The van der Waals surface area contributed by atoms with Gasteiger partial charge in [0.05, 0.1) is 12.7 Å². The van der Waals surface area contributed by atoms with Crippen LogP contribution in [0, 0.1) is 6.92 Å². The van der Waals surface area contributed by atoms with E-state index in [1.807, 2.05) is 6.92 Å². The van der Waals surface area contributed by atoms with E-state index in [0.717, 1.165) is 43.3 Å². The van der Waals surface area contributed by atoms with Crippen molar-refractivity contribution in [3.63, 3.8) is 0 Å². The molecule has 0 spiro atoms. The molecule has 20 heavy (non-hydrogen) atoms. The van der Waals surface area contributed by atoms with Gasteiger partial charge in [-0.25, -0.2) is 15.8 Å². The molecule has 1 aliphatic heterocycles. The van der Waals surface area contributed by atoms with Crippen molar-refractivity contribution < 1.29 is 4.74 Å². The largest absolute Gasteiger partial charge is 0.375 e. The zero-order chi connectivity index (χ0) is 14.7. The minimum atomic E-state index is 0.268. The highest BCUT2D eigenvalue weighted by Crippen LogP contribution is 2.27. The van der Waals surface area contributed by atoms with Crippen LogP contribution in [0.2, 0.25) is 0 Å². The average molecular weight is 279 g/mol. The number of nitrogen functional groups attached to an aromatic ring is 1. The van der Waals surface area contributed by atoms with Crippen LogP contribution in [0.15, 0.2) is 0 Å². The molecule has 2 heterocycles. The molecule has 6 heteroatoms. The number of anilines is 2. The molecule has 112 valence electrons. The maximum absolute atomic E-state index is 5.73. The summed E-state index contributed by atoms with van der Waals surface area (Å²) >= 11 is 0. The van der Waals surface area contributed by atoms with Crippen molar-refractivity contribution in [2.24, 2.45) is 5.84 Å². The van der Waals surface area contributed by atoms with Crippen molar-refractivity contribution in [3.8, 4) is 0 Å². The molecule has 6 nitrogen and oxygen atoms in total. The second-order valence-electron chi connectivity index (χ2n) is 5.53. The predicted molar refractivity (Wildman–Crippen MR) is 80.9 cm³/mol. The van der Waals surface area contributed by atoms with Gasteiger partial charge in [0.1, 0.15) is 17.5 Å². The lowest BCUT2D eigenvalue weighted by atomic mass is 10.1. The third-order valence-corrected chi connectivity index (χ3v) is 3.68. The normalized spacial score (nSPS) is 19.5. The van der Waals surface area contributed by atoms with Crippen LogP contribution in [0.25, 0.3) is 0 Å². The van der Waals surface area contributed by atoms with Gasteiger partial charge in [-0.2, -0.15) is 0 Å². The smallest absolute Gasteiger partial charge is 0.148 e. The number of hydrogen-bond donors (Lipinski definition) is 2. The van der Waals surface area contributed by atoms with E-state index in [9.17, 15) is 0 Å². The molecule has 0 aliphatic carbocycles. The van der Waals surface area contributed by atoms with Gasteiger partial charge < -0.3 is 15.1 Å². The Hall–Kier alpha value is -1.40. The van der Waals surface area contributed by atoms with Gasteiger partial charge in [0.2, 0.25) is 0 Å². The summed E-state index contributed by atoms with van der Waals surface area (Å²) in [5.41, 5.74) is 3.68. The summed E-state index contributed by atoms with van der Waals surface area (Å²) in [5.74, 6) is 8.35. The van der Waals surface area contributed by atoms with E-state index in [2.05, 4.69) is 36.1 Å². The third kappa shape index (κ3) is 3.02. The molecule has 0 saturated carbocycles. The predicted octanol–water partition coefficient (Wildman–Crippen LogP) is 1.81. The van der Waals surface area contributed by atoms with Crippen LogP contribution in [0.3, 0.4) is 0 Å². The summed E-state index contributed by atoms with van der Waals surface area (Å²) < 4.78 is 5.73. The SMILES string of the molecule is CCC1CN(c2nc(C(C)C)nc(NN)c2C)CCO1. The van der Waals surface area contributed by atoms with Crippen LogP contribution >= 0.6 is 0 Å². The van der Waals surface area contributed by atoms with Gasteiger partial charge in [0.15, 0.2) is 0 Å². The maximum atomic E-state index is 5.73. The lowest BCUT2D eigenvalue weighted by Crippen LogP contribution is -2.43. The Morgan fingerprint density at radius 2 is 2.20 bits per heavy atom. The first-order chi connectivity index (χ1) is 9.56. The van der Waals surface area contributed by atoms with Crippen LogP contribution in [-0.4, -0.2) is 35.8 Å². The fourth-order valence-corrected chi connectivity index (χ4v) is 2.39. The number of morpholine rings is 1. The van der Waals surface area contributed by atoms with E-state index >= 15 is 0 Å². The van der Waals surface area contributed by atoms with Crippen molar-refractivity contribution in [1.82, 2.24) is 9.97 Å². The summed E-state index contributed by atoms with van der Waals surface area (Å²) in [5, 5.41) is 0. The molecule has 0 bridgehead atoms. The number of nitrogens with one attached hydrogen (secondary N) is 1. The number of aromatic nitrogens is 2. The van der Waals surface area contributed by atoms with Gasteiger partial charge in [-0.3, -0.25) is 0 Å². The fourth-order valence-electron chi connectivity index (χ4n) is 2.39. The number of nitrogens with zero attached hydrogens (tertiary/aromatic N) is 3. The Bertz CT molecular complexity index is 463. The van der Waals surface area contributed by atoms with Crippen molar-refractivity contribution in [1.29, 1.82) is 0 Å². The number of nitrogens with two attached hydrogens (primary N) is 1. The minimum absolute atomic E-state index is 0.268. The molecule has 2 rings (SSSR count). The van der Waals surface area contributed by atoms with Crippen molar-refractivity contribution >= 4 is 11.6 Å². The summed E-state index contributed by atoms with van der Waals surface area (Å²) in [4.78, 5) is 11.5. The first-order valence-electron chi connectivity index (χ1n) is 7.28. The van der Waals surface area contributed by atoms with Crippen LogP contribution in [-0.2, 0) is 4.74 Å². The first-order valence-corrected chi connectivity index (χ1v) is 7.28. The van der Waals surface area contributed by atoms with E-state index in [4.69, 9.17) is 15.6 Å². The Kier molecular flexibility index (Phi) is 4.77. The molecule has 1 aromatic heterocycles. The van der Waals surface area contributed by atoms with Crippen molar-refractivity contribution in [2.45, 2.75) is 46.1 Å². The Morgan fingerprint density at radius 3 is 2.80 bits per heavy atom. The van der Waals surface area contributed by atoms with Crippen molar-refractivity contribution in [3.05, 3.63) is 11.4 Å². The quantitative estimate of drug-likeness (QED) is 0.646. The van der Waals surface area contributed by atoms with Crippen LogP contribution < -0.4 is 16.2 Å². The molecule has 1 aromatic rings. The first kappa shape index (κ1) is 15.0. The average Bonchev–Trinajstić information content (AvgIpc) is 2.47. The van der Waals surface area contributed by atoms with Crippen LogP contribution in [0.5, 0.6) is 0 Å². The lowest BCUT2D eigenvalue weighted by Gasteiger charge is -2.34. The second kappa shape index (κ2) is 6.37. The minimum Gasteiger partial charge on any atom is -0.375 e. The van der Waals surface area contributed by atoms with Gasteiger partial charge >= 0.3 is 0 Å². The monoisotopic (exact) mass is 279 g/mol. The molecule has 1 atom stereocenters. The highest BCUT2D eigenvalue weighted by Gasteiger charge is 2.23. The molecule has 1 aliphatic rings. The number of hydrazine groups is 1. The molecule has 1 unspecified atom stereocenters. The zero-order valence-electron chi connectivity index (χ0n) is 12.8. The Balaban J connectivity index is 2.36. The lowest BCUT2D eigenvalue weighted by molar-refractivity contribution is 0.0381. The molecular formula is C14H25N5O. The van der Waals surface area contributed by atoms with E-state index in [-0.39, 0.29) is 12.0 Å². The summed E-state index contributed by atoms with van der Waals surface area (Å²) in [6.45, 7) is 10.8. The molecule has 1 fully saturated rings. The Morgan fingerprint density at radius 1 is 1.45 bits per heavy atom. The standard InChI is InChI=1S/C14H25N5O/c1-5-11-8-19(6-7-20-11)14-10(4)13(18-15)16-12(17-14)9(2)3/h9,11H,5-8,15H2,1-4H3,(H,16,17,18). The highest BCUT2D eigenvalue weighted by molar-refractivity contribution is 5.58. The molecule has 0 radical (unpaired) electrons. The van der Waals surface area contributed by atoms with Gasteiger partial charge in [0.25, 0.3) is 0 Å². The van der Waals surface area contributed by atoms with E-state index in [1.165, 1.54) is 0 Å².